The smallest absolute Gasteiger partial charge is 0.250 e. The molecule has 0 aliphatic heterocycles. The van der Waals surface area contributed by atoms with Crippen LogP contribution in [0.3, 0.4) is 0 Å². The molecule has 6 heteroatoms. The van der Waals surface area contributed by atoms with Crippen molar-refractivity contribution < 1.29 is 9.18 Å². The Morgan fingerprint density at radius 1 is 1.33 bits per heavy atom. The Bertz CT molecular complexity index is 696. The van der Waals surface area contributed by atoms with E-state index in [9.17, 15) is 9.18 Å². The highest BCUT2D eigenvalue weighted by Crippen LogP contribution is 2.30. The number of aryl methyl sites for hydroxylation is 2. The zero-order chi connectivity index (χ0) is 15.7. The predicted octanol–water partition coefficient (Wildman–Crippen LogP) is 3.36. The molecule has 1 atom stereocenters. The zero-order valence-electron chi connectivity index (χ0n) is 12.2. The van der Waals surface area contributed by atoms with Crippen LogP contribution in [0.2, 0.25) is 0 Å². The third-order valence-electron chi connectivity index (χ3n) is 3.32. The van der Waals surface area contributed by atoms with Crippen LogP contribution >= 0.6 is 11.3 Å². The van der Waals surface area contributed by atoms with Gasteiger partial charge < -0.3 is 16.8 Å². The van der Waals surface area contributed by atoms with Crippen molar-refractivity contribution >= 4 is 28.6 Å². The number of anilines is 2. The number of primary amides is 1. The second-order valence-electron chi connectivity index (χ2n) is 5.02. The van der Waals surface area contributed by atoms with Gasteiger partial charge in [-0.15, -0.1) is 11.3 Å². The number of nitrogen functional groups attached to an aromatic ring is 1. The largest absolute Gasteiger partial charge is 0.398 e. The van der Waals surface area contributed by atoms with Crippen molar-refractivity contribution in [2.45, 2.75) is 26.8 Å². The lowest BCUT2D eigenvalue weighted by atomic mass is 10.1. The third-order valence-corrected chi connectivity index (χ3v) is 4.30. The summed E-state index contributed by atoms with van der Waals surface area (Å²) in [6, 6.07) is 4.45. The van der Waals surface area contributed by atoms with Crippen LogP contribution in [0, 0.1) is 19.7 Å². The highest BCUT2D eigenvalue weighted by Gasteiger charge is 2.16. The highest BCUT2D eigenvalue weighted by atomic mass is 32.1. The van der Waals surface area contributed by atoms with Crippen LogP contribution in [0.15, 0.2) is 18.2 Å². The van der Waals surface area contributed by atoms with Gasteiger partial charge in [0.05, 0.1) is 11.3 Å². The van der Waals surface area contributed by atoms with Gasteiger partial charge in [0, 0.05) is 21.5 Å². The van der Waals surface area contributed by atoms with Crippen molar-refractivity contribution in [3.05, 3.63) is 44.9 Å². The first-order valence-corrected chi connectivity index (χ1v) is 7.33. The molecule has 0 aliphatic rings. The number of carbonyl (C=O) groups is 1. The average molecular weight is 307 g/mol. The summed E-state index contributed by atoms with van der Waals surface area (Å²) in [5.41, 5.74) is 12.3. The highest BCUT2D eigenvalue weighted by molar-refractivity contribution is 7.12. The van der Waals surface area contributed by atoms with Crippen molar-refractivity contribution in [3.63, 3.8) is 0 Å². The monoisotopic (exact) mass is 307 g/mol. The number of hydrogen-bond acceptors (Lipinski definition) is 4. The van der Waals surface area contributed by atoms with E-state index >= 15 is 0 Å². The second-order valence-corrected chi connectivity index (χ2v) is 6.48. The van der Waals surface area contributed by atoms with Crippen molar-refractivity contribution in [1.82, 2.24) is 0 Å². The molecule has 1 heterocycles. The molecule has 0 saturated heterocycles. The van der Waals surface area contributed by atoms with Gasteiger partial charge in [-0.2, -0.15) is 0 Å². The van der Waals surface area contributed by atoms with Crippen molar-refractivity contribution in [2.24, 2.45) is 5.73 Å². The summed E-state index contributed by atoms with van der Waals surface area (Å²) in [7, 11) is 0. The van der Waals surface area contributed by atoms with E-state index in [1.54, 1.807) is 11.3 Å². The Morgan fingerprint density at radius 3 is 2.52 bits per heavy atom. The molecule has 0 aliphatic carbocycles. The summed E-state index contributed by atoms with van der Waals surface area (Å²) >= 11 is 1.69. The Hall–Kier alpha value is -2.08. The quantitative estimate of drug-likeness (QED) is 0.758. The summed E-state index contributed by atoms with van der Waals surface area (Å²) in [6.07, 6.45) is 0. The molecular formula is C15H18FN3OS. The lowest BCUT2D eigenvalue weighted by Crippen LogP contribution is -2.15. The van der Waals surface area contributed by atoms with Crippen LogP contribution in [0.25, 0.3) is 0 Å². The third kappa shape index (κ3) is 3.16. The summed E-state index contributed by atoms with van der Waals surface area (Å²) in [5.74, 6) is -1.18. The molecule has 4 nitrogen and oxygen atoms in total. The van der Waals surface area contributed by atoms with E-state index in [-0.39, 0.29) is 23.0 Å². The first-order chi connectivity index (χ1) is 9.79. The number of carbonyl (C=O) groups excluding carboxylic acids is 1. The number of benzene rings is 1. The number of halogens is 1. The number of thiophene rings is 1. The van der Waals surface area contributed by atoms with Gasteiger partial charge in [0.15, 0.2) is 0 Å². The average Bonchev–Trinajstić information content (AvgIpc) is 2.71. The van der Waals surface area contributed by atoms with Gasteiger partial charge >= 0.3 is 0 Å². The maximum absolute atomic E-state index is 14.0. The molecule has 21 heavy (non-hydrogen) atoms. The van der Waals surface area contributed by atoms with Crippen molar-refractivity contribution in [3.8, 4) is 0 Å². The van der Waals surface area contributed by atoms with Crippen molar-refractivity contribution in [2.75, 3.05) is 11.1 Å². The van der Waals surface area contributed by atoms with Gasteiger partial charge in [-0.3, -0.25) is 4.79 Å². The van der Waals surface area contributed by atoms with Gasteiger partial charge in [0.25, 0.3) is 5.91 Å². The number of amides is 1. The number of hydrogen-bond donors (Lipinski definition) is 3. The van der Waals surface area contributed by atoms with E-state index < -0.39 is 11.7 Å². The Kier molecular flexibility index (Phi) is 4.18. The molecule has 0 fully saturated rings. The van der Waals surface area contributed by atoms with Gasteiger partial charge in [-0.1, -0.05) is 0 Å². The number of nitrogens with one attached hydrogen (secondary N) is 1. The van der Waals surface area contributed by atoms with Crippen LogP contribution in [0.5, 0.6) is 0 Å². The summed E-state index contributed by atoms with van der Waals surface area (Å²) in [4.78, 5) is 13.7. The Morgan fingerprint density at radius 2 is 2.00 bits per heavy atom. The van der Waals surface area contributed by atoms with Gasteiger partial charge in [0.1, 0.15) is 5.82 Å². The zero-order valence-corrected chi connectivity index (χ0v) is 13.0. The van der Waals surface area contributed by atoms with Crippen LogP contribution < -0.4 is 16.8 Å². The molecule has 1 amide bonds. The molecule has 0 radical (unpaired) electrons. The van der Waals surface area contributed by atoms with E-state index in [1.165, 1.54) is 15.8 Å². The normalized spacial score (nSPS) is 12.2. The molecule has 0 bridgehead atoms. The SMILES string of the molecule is Cc1cc(C(C)Nc2cc(C(N)=O)c(N)cc2F)c(C)s1. The molecule has 2 aromatic rings. The van der Waals surface area contributed by atoms with E-state index in [0.29, 0.717) is 0 Å². The molecule has 1 aromatic carbocycles. The van der Waals surface area contributed by atoms with Gasteiger partial charge in [0.2, 0.25) is 0 Å². The fraction of sp³-hybridized carbons (Fsp3) is 0.267. The minimum atomic E-state index is -0.675. The minimum Gasteiger partial charge on any atom is -0.398 e. The molecular weight excluding hydrogens is 289 g/mol. The van der Waals surface area contributed by atoms with Crippen LogP contribution in [-0.2, 0) is 0 Å². The Balaban J connectivity index is 2.33. The first-order valence-electron chi connectivity index (χ1n) is 6.52. The molecule has 0 spiro atoms. The lowest BCUT2D eigenvalue weighted by molar-refractivity contribution is 0.100. The molecule has 5 N–H and O–H groups in total. The van der Waals surface area contributed by atoms with Crippen LogP contribution in [-0.4, -0.2) is 5.91 Å². The summed E-state index contributed by atoms with van der Waals surface area (Å²) < 4.78 is 14.0. The maximum Gasteiger partial charge on any atom is 0.250 e. The first kappa shape index (κ1) is 15.3. The minimum absolute atomic E-state index is 0.0424. The van der Waals surface area contributed by atoms with Crippen molar-refractivity contribution in [1.29, 1.82) is 0 Å². The van der Waals surface area contributed by atoms with E-state index in [1.807, 2.05) is 20.8 Å². The fourth-order valence-electron chi connectivity index (χ4n) is 2.30. The van der Waals surface area contributed by atoms with Gasteiger partial charge in [-0.05, 0) is 44.5 Å². The second kappa shape index (κ2) is 5.73. The van der Waals surface area contributed by atoms with Crippen LogP contribution in [0.4, 0.5) is 15.8 Å². The molecule has 0 saturated carbocycles. The number of nitrogens with two attached hydrogens (primary N) is 2. The fourth-order valence-corrected chi connectivity index (χ4v) is 3.33. The maximum atomic E-state index is 14.0. The standard InChI is InChI=1S/C15H18FN3OS/c1-7-4-10(9(3)21-7)8(2)19-14-5-11(15(18)20)13(17)6-12(14)16/h4-6,8,19H,17H2,1-3H3,(H2,18,20). The van der Waals surface area contributed by atoms with E-state index in [0.717, 1.165) is 11.6 Å². The lowest BCUT2D eigenvalue weighted by Gasteiger charge is -2.17. The molecule has 112 valence electrons. The number of rotatable bonds is 4. The Labute approximate surface area is 127 Å². The topological polar surface area (TPSA) is 81.1 Å². The summed E-state index contributed by atoms with van der Waals surface area (Å²) in [5, 5.41) is 3.07. The van der Waals surface area contributed by atoms with Crippen LogP contribution in [0.1, 0.15) is 38.6 Å². The van der Waals surface area contributed by atoms with E-state index in [4.69, 9.17) is 11.5 Å². The molecule has 1 unspecified atom stereocenters. The van der Waals surface area contributed by atoms with Gasteiger partial charge in [-0.25, -0.2) is 4.39 Å². The molecule has 2 rings (SSSR count). The van der Waals surface area contributed by atoms with E-state index in [2.05, 4.69) is 11.4 Å². The molecule has 1 aromatic heterocycles. The predicted molar refractivity (Wildman–Crippen MR) is 85.2 cm³/mol. The summed E-state index contributed by atoms with van der Waals surface area (Å²) in [6.45, 7) is 6.00.